The first-order chi connectivity index (χ1) is 10.5. The number of carboxylic acid groups (broad SMARTS) is 1. The molecule has 1 aromatic heterocycles. The second-order valence-corrected chi connectivity index (χ2v) is 5.38. The number of nitrogens with one attached hydrogen (secondary N) is 2. The van der Waals surface area contributed by atoms with E-state index in [1.54, 1.807) is 6.20 Å². The summed E-state index contributed by atoms with van der Waals surface area (Å²) in [4.78, 5) is 26.2. The van der Waals surface area contributed by atoms with Crippen molar-refractivity contribution >= 4 is 22.8 Å². The van der Waals surface area contributed by atoms with Gasteiger partial charge in [0.2, 0.25) is 5.91 Å². The molecule has 0 radical (unpaired) electrons. The maximum absolute atomic E-state index is 11.7. The number of carboxylic acids is 1. The lowest BCUT2D eigenvalue weighted by molar-refractivity contribution is -0.142. The highest BCUT2D eigenvalue weighted by Gasteiger charge is 2.22. The van der Waals surface area contributed by atoms with Gasteiger partial charge in [-0.1, -0.05) is 18.2 Å². The van der Waals surface area contributed by atoms with Crippen LogP contribution >= 0.6 is 0 Å². The summed E-state index contributed by atoms with van der Waals surface area (Å²) in [5, 5.41) is 12.8. The van der Waals surface area contributed by atoms with E-state index >= 15 is 0 Å². The highest BCUT2D eigenvalue weighted by atomic mass is 16.5. The molecule has 3 N–H and O–H groups in total. The van der Waals surface area contributed by atoms with E-state index in [2.05, 4.69) is 10.3 Å². The van der Waals surface area contributed by atoms with Crippen molar-refractivity contribution in [1.29, 1.82) is 0 Å². The number of aliphatic carboxylic acids is 1. The van der Waals surface area contributed by atoms with Crippen LogP contribution in [-0.4, -0.2) is 40.7 Å². The Hall–Kier alpha value is -2.34. The minimum absolute atomic E-state index is 0.0809. The van der Waals surface area contributed by atoms with Gasteiger partial charge in [0.05, 0.1) is 6.10 Å². The van der Waals surface area contributed by atoms with Gasteiger partial charge in [-0.25, -0.2) is 4.79 Å². The Morgan fingerprint density at radius 2 is 2.05 bits per heavy atom. The number of amides is 1. The SMILES string of the molecule is CC(C)OCC(=O)NC(Cc1c[nH]c2ccccc12)C(=O)O. The molecule has 0 bridgehead atoms. The molecule has 1 unspecified atom stereocenters. The fourth-order valence-corrected chi connectivity index (χ4v) is 2.20. The predicted molar refractivity (Wildman–Crippen MR) is 82.7 cm³/mol. The molecule has 6 nitrogen and oxygen atoms in total. The number of carbonyl (C=O) groups is 2. The van der Waals surface area contributed by atoms with Gasteiger partial charge in [-0.3, -0.25) is 4.79 Å². The van der Waals surface area contributed by atoms with Crippen molar-refractivity contribution in [3.63, 3.8) is 0 Å². The number of benzene rings is 1. The van der Waals surface area contributed by atoms with Crippen molar-refractivity contribution in [2.75, 3.05) is 6.61 Å². The Morgan fingerprint density at radius 1 is 1.32 bits per heavy atom. The minimum atomic E-state index is -1.07. The number of hydrogen-bond acceptors (Lipinski definition) is 3. The zero-order valence-corrected chi connectivity index (χ0v) is 12.6. The number of hydrogen-bond donors (Lipinski definition) is 3. The second-order valence-electron chi connectivity index (χ2n) is 5.38. The van der Waals surface area contributed by atoms with Gasteiger partial charge in [-0.15, -0.1) is 0 Å². The Balaban J connectivity index is 2.06. The van der Waals surface area contributed by atoms with Crippen molar-refractivity contribution in [2.45, 2.75) is 32.4 Å². The zero-order valence-electron chi connectivity index (χ0n) is 12.6. The Kier molecular flexibility index (Phi) is 5.16. The molecule has 0 saturated carbocycles. The molecule has 0 aliphatic carbocycles. The zero-order chi connectivity index (χ0) is 16.1. The molecule has 22 heavy (non-hydrogen) atoms. The maximum atomic E-state index is 11.7. The summed E-state index contributed by atoms with van der Waals surface area (Å²) >= 11 is 0. The Bertz CT molecular complexity index is 663. The van der Waals surface area contributed by atoms with Gasteiger partial charge >= 0.3 is 5.97 Å². The number of aromatic amines is 1. The second kappa shape index (κ2) is 7.09. The molecule has 0 aliphatic rings. The third-order valence-corrected chi connectivity index (χ3v) is 3.28. The molecule has 1 atom stereocenters. The lowest BCUT2D eigenvalue weighted by Crippen LogP contribution is -2.44. The van der Waals surface area contributed by atoms with Gasteiger partial charge in [0.25, 0.3) is 0 Å². The number of ether oxygens (including phenoxy) is 1. The van der Waals surface area contributed by atoms with Gasteiger partial charge in [0.1, 0.15) is 12.6 Å². The van der Waals surface area contributed by atoms with Crippen molar-refractivity contribution in [3.8, 4) is 0 Å². The van der Waals surface area contributed by atoms with E-state index in [9.17, 15) is 14.7 Å². The van der Waals surface area contributed by atoms with E-state index in [1.807, 2.05) is 38.1 Å². The summed E-state index contributed by atoms with van der Waals surface area (Å²) in [6, 6.07) is 6.66. The lowest BCUT2D eigenvalue weighted by Gasteiger charge is -2.15. The highest BCUT2D eigenvalue weighted by molar-refractivity contribution is 5.87. The van der Waals surface area contributed by atoms with Gasteiger partial charge in [-0.2, -0.15) is 0 Å². The van der Waals surface area contributed by atoms with Gasteiger partial charge in [-0.05, 0) is 25.5 Å². The average Bonchev–Trinajstić information content (AvgIpc) is 2.87. The highest BCUT2D eigenvalue weighted by Crippen LogP contribution is 2.19. The number of aromatic nitrogens is 1. The molecule has 2 aromatic rings. The number of fused-ring (bicyclic) bond motifs is 1. The number of carbonyl (C=O) groups excluding carboxylic acids is 1. The molecule has 0 spiro atoms. The van der Waals surface area contributed by atoms with Crippen molar-refractivity contribution < 1.29 is 19.4 Å². The summed E-state index contributed by atoms with van der Waals surface area (Å²) in [7, 11) is 0. The van der Waals surface area contributed by atoms with E-state index < -0.39 is 17.9 Å². The fraction of sp³-hybridized carbons (Fsp3) is 0.375. The molecular formula is C16H20N2O4. The molecule has 1 heterocycles. The average molecular weight is 304 g/mol. The topological polar surface area (TPSA) is 91.4 Å². The number of H-pyrrole nitrogens is 1. The molecular weight excluding hydrogens is 284 g/mol. The molecule has 1 aromatic carbocycles. The smallest absolute Gasteiger partial charge is 0.326 e. The number of para-hydroxylation sites is 1. The van der Waals surface area contributed by atoms with Crippen molar-refractivity contribution in [2.24, 2.45) is 0 Å². The van der Waals surface area contributed by atoms with Gasteiger partial charge in [0.15, 0.2) is 0 Å². The van der Waals surface area contributed by atoms with E-state index in [4.69, 9.17) is 4.74 Å². The molecule has 0 saturated heterocycles. The van der Waals surface area contributed by atoms with Crippen LogP contribution in [-0.2, 0) is 20.7 Å². The summed E-state index contributed by atoms with van der Waals surface area (Å²) in [6.45, 7) is 3.48. The molecule has 0 fully saturated rings. The van der Waals surface area contributed by atoms with Crippen LogP contribution in [0, 0.1) is 0 Å². The first kappa shape index (κ1) is 16.0. The van der Waals surface area contributed by atoms with Crippen LogP contribution in [0.25, 0.3) is 10.9 Å². The van der Waals surface area contributed by atoms with E-state index in [0.29, 0.717) is 0 Å². The summed E-state index contributed by atoms with van der Waals surface area (Å²) in [5.74, 6) is -1.50. The Labute approximate surface area is 128 Å². The maximum Gasteiger partial charge on any atom is 0.326 e. The molecule has 2 rings (SSSR count). The van der Waals surface area contributed by atoms with Crippen molar-refractivity contribution in [1.82, 2.24) is 10.3 Å². The Morgan fingerprint density at radius 3 is 2.73 bits per heavy atom. The van der Waals surface area contributed by atoms with Crippen LogP contribution in [0.2, 0.25) is 0 Å². The van der Waals surface area contributed by atoms with E-state index in [0.717, 1.165) is 16.5 Å². The van der Waals surface area contributed by atoms with Crippen LogP contribution in [0.15, 0.2) is 30.5 Å². The monoisotopic (exact) mass is 304 g/mol. The number of rotatable bonds is 7. The largest absolute Gasteiger partial charge is 0.480 e. The first-order valence-corrected chi connectivity index (χ1v) is 7.16. The van der Waals surface area contributed by atoms with Crippen LogP contribution in [0.1, 0.15) is 19.4 Å². The van der Waals surface area contributed by atoms with E-state index in [-0.39, 0.29) is 19.1 Å². The van der Waals surface area contributed by atoms with E-state index in [1.165, 1.54) is 0 Å². The van der Waals surface area contributed by atoms with Gasteiger partial charge < -0.3 is 20.1 Å². The molecule has 118 valence electrons. The molecule has 1 amide bonds. The molecule has 0 aliphatic heterocycles. The predicted octanol–water partition coefficient (Wildman–Crippen LogP) is 1.70. The minimum Gasteiger partial charge on any atom is -0.480 e. The third kappa shape index (κ3) is 4.08. The third-order valence-electron chi connectivity index (χ3n) is 3.28. The normalized spacial score (nSPS) is 12.5. The van der Waals surface area contributed by atoms with Crippen molar-refractivity contribution in [3.05, 3.63) is 36.0 Å². The first-order valence-electron chi connectivity index (χ1n) is 7.16. The molecule has 6 heteroatoms. The summed E-state index contributed by atoms with van der Waals surface area (Å²) in [6.07, 6.45) is 1.91. The van der Waals surface area contributed by atoms with Crippen LogP contribution < -0.4 is 5.32 Å². The van der Waals surface area contributed by atoms with Crippen LogP contribution in [0.3, 0.4) is 0 Å². The summed E-state index contributed by atoms with van der Waals surface area (Å²) < 4.78 is 5.18. The summed E-state index contributed by atoms with van der Waals surface area (Å²) in [5.41, 5.74) is 1.80. The standard InChI is InChI=1S/C16H20N2O4/c1-10(2)22-9-15(19)18-14(16(20)21)7-11-8-17-13-6-4-3-5-12(11)13/h3-6,8,10,14,17H,7,9H2,1-2H3,(H,18,19)(H,20,21). The van der Waals surface area contributed by atoms with Crippen LogP contribution in [0.4, 0.5) is 0 Å². The quantitative estimate of drug-likeness (QED) is 0.726. The fourth-order valence-electron chi connectivity index (χ4n) is 2.20. The van der Waals surface area contributed by atoms with Gasteiger partial charge in [0, 0.05) is 23.5 Å². The van der Waals surface area contributed by atoms with Crippen LogP contribution in [0.5, 0.6) is 0 Å². The lowest BCUT2D eigenvalue weighted by atomic mass is 10.1.